The fourth-order valence-corrected chi connectivity index (χ4v) is 4.61. The summed E-state index contributed by atoms with van der Waals surface area (Å²) in [5.74, 6) is 0.764. The molecule has 0 saturated carbocycles. The van der Waals surface area contributed by atoms with E-state index in [2.05, 4.69) is 48.5 Å². The van der Waals surface area contributed by atoms with E-state index in [-0.39, 0.29) is 0 Å². The summed E-state index contributed by atoms with van der Waals surface area (Å²) in [6, 6.07) is 9.84. The molecule has 0 radical (unpaired) electrons. The summed E-state index contributed by atoms with van der Waals surface area (Å²) in [4.78, 5) is 5.03. The lowest BCUT2D eigenvalue weighted by molar-refractivity contribution is 0.601. The van der Waals surface area contributed by atoms with Gasteiger partial charge in [-0.1, -0.05) is 29.8 Å². The minimum atomic E-state index is -3.20. The first-order chi connectivity index (χ1) is 13.6. The Morgan fingerprint density at radius 1 is 0.966 bits per heavy atom. The molecule has 0 atom stereocenters. The van der Waals surface area contributed by atoms with Gasteiger partial charge in [0.2, 0.25) is 0 Å². The zero-order valence-corrected chi connectivity index (χ0v) is 19.2. The van der Waals surface area contributed by atoms with Crippen LogP contribution < -0.4 is 10.6 Å². The molecule has 158 valence electrons. The summed E-state index contributed by atoms with van der Waals surface area (Å²) >= 11 is 0. The van der Waals surface area contributed by atoms with Crippen LogP contribution in [0, 0.1) is 27.7 Å². The third kappa shape index (κ3) is 6.60. The van der Waals surface area contributed by atoms with Gasteiger partial charge in [0.1, 0.15) is 0 Å². The number of rotatable bonds is 7. The highest BCUT2D eigenvalue weighted by Gasteiger charge is 2.11. The molecule has 6 heteroatoms. The predicted molar refractivity (Wildman–Crippen MR) is 121 cm³/mol. The van der Waals surface area contributed by atoms with Crippen LogP contribution in [-0.4, -0.2) is 33.7 Å². The van der Waals surface area contributed by atoms with E-state index >= 15 is 0 Å². The standard InChI is InChI=1S/C23H33N3O2S/c1-7-24-23(25-11-10-21-17(3)12-16(2)13-18(21)4)26-15-20-8-9-22(19(5)14-20)29(6,27)28/h8-9,12-14H,7,10-11,15H2,1-6H3,(H2,24,25,26). The van der Waals surface area contributed by atoms with Crippen LogP contribution in [0.15, 0.2) is 40.2 Å². The molecule has 5 nitrogen and oxygen atoms in total. The van der Waals surface area contributed by atoms with Crippen molar-refractivity contribution in [1.29, 1.82) is 0 Å². The maximum atomic E-state index is 11.8. The van der Waals surface area contributed by atoms with E-state index < -0.39 is 9.84 Å². The van der Waals surface area contributed by atoms with E-state index in [9.17, 15) is 8.42 Å². The number of nitrogens with zero attached hydrogens (tertiary/aromatic N) is 1. The van der Waals surface area contributed by atoms with Gasteiger partial charge in [0, 0.05) is 19.3 Å². The second kappa shape index (κ2) is 9.92. The molecule has 0 fully saturated rings. The van der Waals surface area contributed by atoms with Gasteiger partial charge in [0.25, 0.3) is 0 Å². The minimum absolute atomic E-state index is 0.374. The summed E-state index contributed by atoms with van der Waals surface area (Å²) in [6.45, 7) is 12.4. The second-order valence-electron chi connectivity index (χ2n) is 7.62. The lowest BCUT2D eigenvalue weighted by Gasteiger charge is -2.14. The van der Waals surface area contributed by atoms with Crippen molar-refractivity contribution < 1.29 is 8.42 Å². The predicted octanol–water partition coefficient (Wildman–Crippen LogP) is 3.62. The van der Waals surface area contributed by atoms with E-state index in [4.69, 9.17) is 0 Å². The number of nitrogens with one attached hydrogen (secondary N) is 2. The number of hydrogen-bond donors (Lipinski definition) is 2. The van der Waals surface area contributed by atoms with Crippen molar-refractivity contribution >= 4 is 15.8 Å². The Hall–Kier alpha value is -2.34. The number of hydrogen-bond acceptors (Lipinski definition) is 3. The summed E-state index contributed by atoms with van der Waals surface area (Å²) in [6.07, 6.45) is 2.17. The Kier molecular flexibility index (Phi) is 7.85. The van der Waals surface area contributed by atoms with Crippen LogP contribution in [-0.2, 0) is 22.8 Å². The molecular formula is C23H33N3O2S. The summed E-state index contributed by atoms with van der Waals surface area (Å²) in [5, 5.41) is 6.67. The topological polar surface area (TPSA) is 70.6 Å². The molecular weight excluding hydrogens is 382 g/mol. The molecule has 2 aromatic rings. The van der Waals surface area contributed by atoms with Crippen molar-refractivity contribution in [3.63, 3.8) is 0 Å². The highest BCUT2D eigenvalue weighted by Crippen LogP contribution is 2.18. The van der Waals surface area contributed by atoms with Gasteiger partial charge in [0.15, 0.2) is 15.8 Å². The van der Waals surface area contributed by atoms with Crippen molar-refractivity contribution in [3.05, 3.63) is 63.7 Å². The molecule has 2 rings (SSSR count). The summed E-state index contributed by atoms with van der Waals surface area (Å²) in [7, 11) is -3.20. The molecule has 2 aromatic carbocycles. The summed E-state index contributed by atoms with van der Waals surface area (Å²) in [5.41, 5.74) is 7.07. The molecule has 0 heterocycles. The molecule has 0 unspecified atom stereocenters. The SMILES string of the molecule is CCNC(=NCc1ccc(S(C)(=O)=O)c(C)c1)NCCc1c(C)cc(C)cc1C. The van der Waals surface area contributed by atoms with Crippen molar-refractivity contribution in [2.45, 2.75) is 52.5 Å². The highest BCUT2D eigenvalue weighted by molar-refractivity contribution is 7.90. The number of sulfone groups is 1. The molecule has 0 spiro atoms. The van der Waals surface area contributed by atoms with E-state index in [0.717, 1.165) is 36.6 Å². The molecule has 0 bridgehead atoms. The molecule has 0 aromatic heterocycles. The smallest absolute Gasteiger partial charge is 0.191 e. The summed E-state index contributed by atoms with van der Waals surface area (Å²) < 4.78 is 23.5. The largest absolute Gasteiger partial charge is 0.357 e. The van der Waals surface area contributed by atoms with Crippen LogP contribution in [0.4, 0.5) is 0 Å². The highest BCUT2D eigenvalue weighted by atomic mass is 32.2. The molecule has 0 aliphatic heterocycles. The fraction of sp³-hybridized carbons (Fsp3) is 0.435. The van der Waals surface area contributed by atoms with E-state index in [1.807, 2.05) is 26.0 Å². The Morgan fingerprint density at radius 2 is 1.62 bits per heavy atom. The van der Waals surface area contributed by atoms with Gasteiger partial charge in [-0.3, -0.25) is 0 Å². The Balaban J connectivity index is 2.04. The average Bonchev–Trinajstić information content (AvgIpc) is 2.60. The maximum Gasteiger partial charge on any atom is 0.191 e. The zero-order valence-electron chi connectivity index (χ0n) is 18.4. The fourth-order valence-electron chi connectivity index (χ4n) is 3.65. The van der Waals surface area contributed by atoms with E-state index in [0.29, 0.717) is 11.4 Å². The zero-order chi connectivity index (χ0) is 21.6. The van der Waals surface area contributed by atoms with Crippen LogP contribution >= 0.6 is 0 Å². The van der Waals surface area contributed by atoms with Crippen LogP contribution in [0.3, 0.4) is 0 Å². The monoisotopic (exact) mass is 415 g/mol. The Morgan fingerprint density at radius 3 is 2.17 bits per heavy atom. The first-order valence-electron chi connectivity index (χ1n) is 10.00. The van der Waals surface area contributed by atoms with E-state index in [1.165, 1.54) is 28.5 Å². The molecule has 0 aliphatic rings. The first-order valence-corrected chi connectivity index (χ1v) is 11.9. The Bertz CT molecular complexity index is 972. The van der Waals surface area contributed by atoms with Gasteiger partial charge in [-0.05, 0) is 74.9 Å². The quantitative estimate of drug-likeness (QED) is 0.535. The normalized spacial score (nSPS) is 12.1. The molecule has 2 N–H and O–H groups in total. The lowest BCUT2D eigenvalue weighted by Crippen LogP contribution is -2.38. The van der Waals surface area contributed by atoms with Crippen molar-refractivity contribution in [2.24, 2.45) is 4.99 Å². The van der Waals surface area contributed by atoms with Gasteiger partial charge in [-0.15, -0.1) is 0 Å². The molecule has 0 saturated heterocycles. The molecule has 0 amide bonds. The van der Waals surface area contributed by atoms with Gasteiger partial charge in [-0.2, -0.15) is 0 Å². The Labute approximate surface area is 175 Å². The van der Waals surface area contributed by atoms with Gasteiger partial charge < -0.3 is 10.6 Å². The third-order valence-corrected chi connectivity index (χ3v) is 6.17. The second-order valence-corrected chi connectivity index (χ2v) is 9.61. The van der Waals surface area contributed by atoms with Crippen LogP contribution in [0.5, 0.6) is 0 Å². The number of guanidine groups is 1. The van der Waals surface area contributed by atoms with Gasteiger partial charge in [-0.25, -0.2) is 13.4 Å². The first kappa shape index (κ1) is 22.9. The van der Waals surface area contributed by atoms with Gasteiger partial charge >= 0.3 is 0 Å². The molecule has 0 aliphatic carbocycles. The van der Waals surface area contributed by atoms with Crippen molar-refractivity contribution in [1.82, 2.24) is 10.6 Å². The maximum absolute atomic E-state index is 11.8. The molecule has 29 heavy (non-hydrogen) atoms. The van der Waals surface area contributed by atoms with Crippen LogP contribution in [0.1, 0.15) is 40.3 Å². The van der Waals surface area contributed by atoms with Crippen molar-refractivity contribution in [2.75, 3.05) is 19.3 Å². The van der Waals surface area contributed by atoms with Crippen LogP contribution in [0.2, 0.25) is 0 Å². The minimum Gasteiger partial charge on any atom is -0.357 e. The number of aliphatic imine (C=N–C) groups is 1. The lowest BCUT2D eigenvalue weighted by atomic mass is 9.97. The third-order valence-electron chi connectivity index (χ3n) is 4.91. The number of aryl methyl sites for hydroxylation is 4. The van der Waals surface area contributed by atoms with Gasteiger partial charge in [0.05, 0.1) is 11.4 Å². The average molecular weight is 416 g/mol. The number of benzene rings is 2. The van der Waals surface area contributed by atoms with Crippen LogP contribution in [0.25, 0.3) is 0 Å². The van der Waals surface area contributed by atoms with Crippen molar-refractivity contribution in [3.8, 4) is 0 Å². The van der Waals surface area contributed by atoms with E-state index in [1.54, 1.807) is 6.07 Å².